The van der Waals surface area contributed by atoms with E-state index in [1.165, 1.54) is 19.2 Å². The Kier molecular flexibility index (Phi) is 4.05. The highest BCUT2D eigenvalue weighted by atomic mass is 16.2. The smallest absolute Gasteiger partial charge is 0.248 e. The van der Waals surface area contributed by atoms with E-state index in [9.17, 15) is 19.2 Å². The average Bonchev–Trinajstić information content (AvgIpc) is 2.49. The second-order valence-corrected chi connectivity index (χ2v) is 4.66. The lowest BCUT2D eigenvalue weighted by Gasteiger charge is -2.11. The standard InChI is InChI=1S/C14H14N4O4/c1-4-17-12(20)16(3)13(21)18(14(17)22)10-6-5-9(2)11(7-10)15-8-19/h5-7H,4H2,1-3H3. The van der Waals surface area contributed by atoms with Crippen LogP contribution in [0.3, 0.4) is 0 Å². The first-order chi connectivity index (χ1) is 10.4. The van der Waals surface area contributed by atoms with Gasteiger partial charge in [0.05, 0.1) is 11.4 Å². The minimum Gasteiger partial charge on any atom is -0.248 e. The molecule has 8 nitrogen and oxygen atoms in total. The molecule has 1 aromatic heterocycles. The van der Waals surface area contributed by atoms with Crippen molar-refractivity contribution in [2.45, 2.75) is 20.4 Å². The van der Waals surface area contributed by atoms with Crippen molar-refractivity contribution in [3.63, 3.8) is 0 Å². The van der Waals surface area contributed by atoms with Crippen molar-refractivity contribution < 1.29 is 4.79 Å². The number of hydrogen-bond acceptors (Lipinski definition) is 5. The summed E-state index contributed by atoms with van der Waals surface area (Å²) in [5.41, 5.74) is -0.944. The Labute approximate surface area is 124 Å². The topological polar surface area (TPSA) is 95.4 Å². The highest BCUT2D eigenvalue weighted by Gasteiger charge is 2.14. The normalized spacial score (nSPS) is 10.3. The van der Waals surface area contributed by atoms with E-state index in [4.69, 9.17) is 0 Å². The van der Waals surface area contributed by atoms with E-state index in [0.29, 0.717) is 11.3 Å². The molecule has 1 heterocycles. The molecule has 0 spiro atoms. The highest BCUT2D eigenvalue weighted by Crippen LogP contribution is 2.20. The van der Waals surface area contributed by atoms with Gasteiger partial charge in [-0.05, 0) is 31.5 Å². The molecule has 0 aliphatic heterocycles. The fourth-order valence-electron chi connectivity index (χ4n) is 2.10. The van der Waals surface area contributed by atoms with Crippen LogP contribution < -0.4 is 17.1 Å². The molecule has 0 saturated carbocycles. The lowest BCUT2D eigenvalue weighted by atomic mass is 10.2. The lowest BCUT2D eigenvalue weighted by molar-refractivity contribution is 0.542. The van der Waals surface area contributed by atoms with Gasteiger partial charge in [-0.1, -0.05) is 6.07 Å². The number of aryl methyl sites for hydroxylation is 1. The number of aliphatic imine (C=N–C) groups is 1. The van der Waals surface area contributed by atoms with Crippen LogP contribution in [0.2, 0.25) is 0 Å². The monoisotopic (exact) mass is 302 g/mol. The fourth-order valence-corrected chi connectivity index (χ4v) is 2.10. The molecular formula is C14H14N4O4. The van der Waals surface area contributed by atoms with Crippen LogP contribution in [0, 0.1) is 6.92 Å². The molecule has 8 heteroatoms. The van der Waals surface area contributed by atoms with E-state index in [0.717, 1.165) is 13.7 Å². The van der Waals surface area contributed by atoms with Gasteiger partial charge in [-0.2, -0.15) is 4.99 Å². The first-order valence-electron chi connectivity index (χ1n) is 6.54. The summed E-state index contributed by atoms with van der Waals surface area (Å²) >= 11 is 0. The molecule has 1 aromatic carbocycles. The first-order valence-corrected chi connectivity index (χ1v) is 6.54. The summed E-state index contributed by atoms with van der Waals surface area (Å²) in [5.74, 6) is 0. The number of rotatable bonds is 3. The molecule has 0 N–H and O–H groups in total. The van der Waals surface area contributed by atoms with Crippen LogP contribution in [-0.2, 0) is 18.4 Å². The third-order valence-corrected chi connectivity index (χ3v) is 3.35. The third-order valence-electron chi connectivity index (χ3n) is 3.35. The molecule has 0 atom stereocenters. The lowest BCUT2D eigenvalue weighted by Crippen LogP contribution is -2.52. The average molecular weight is 302 g/mol. The van der Waals surface area contributed by atoms with Crippen LogP contribution in [0.1, 0.15) is 12.5 Å². The molecule has 0 fully saturated rings. The second kappa shape index (κ2) is 5.79. The zero-order chi connectivity index (χ0) is 16.4. The van der Waals surface area contributed by atoms with Crippen molar-refractivity contribution in [3.05, 3.63) is 55.2 Å². The van der Waals surface area contributed by atoms with Gasteiger partial charge in [0.25, 0.3) is 0 Å². The van der Waals surface area contributed by atoms with Gasteiger partial charge >= 0.3 is 17.1 Å². The molecule has 0 unspecified atom stereocenters. The van der Waals surface area contributed by atoms with Crippen molar-refractivity contribution in [1.82, 2.24) is 13.7 Å². The van der Waals surface area contributed by atoms with Crippen molar-refractivity contribution in [2.24, 2.45) is 12.0 Å². The molecule has 0 saturated heterocycles. The maximum atomic E-state index is 12.4. The molecule has 114 valence electrons. The Morgan fingerprint density at radius 1 is 1.14 bits per heavy atom. The number of benzene rings is 1. The third kappa shape index (κ3) is 2.36. The van der Waals surface area contributed by atoms with Crippen LogP contribution in [0.5, 0.6) is 0 Å². The summed E-state index contributed by atoms with van der Waals surface area (Å²) in [4.78, 5) is 50.5. The highest BCUT2D eigenvalue weighted by molar-refractivity contribution is 5.57. The van der Waals surface area contributed by atoms with Gasteiger partial charge in [0.1, 0.15) is 0 Å². The maximum absolute atomic E-state index is 12.4. The fraction of sp³-hybridized carbons (Fsp3) is 0.286. The molecule has 0 aliphatic rings. The second-order valence-electron chi connectivity index (χ2n) is 4.66. The number of hydrogen-bond donors (Lipinski definition) is 0. The molecular weight excluding hydrogens is 288 g/mol. The van der Waals surface area contributed by atoms with E-state index < -0.39 is 17.1 Å². The van der Waals surface area contributed by atoms with Gasteiger partial charge in [-0.25, -0.2) is 32.9 Å². The van der Waals surface area contributed by atoms with Gasteiger partial charge in [-0.15, -0.1) is 0 Å². The summed E-state index contributed by atoms with van der Waals surface area (Å²) in [6.07, 6.45) is 1.42. The Morgan fingerprint density at radius 2 is 1.82 bits per heavy atom. The van der Waals surface area contributed by atoms with Crippen LogP contribution in [0.15, 0.2) is 37.6 Å². The molecule has 0 bridgehead atoms. The van der Waals surface area contributed by atoms with Crippen molar-refractivity contribution in [1.29, 1.82) is 0 Å². The quantitative estimate of drug-likeness (QED) is 0.588. The van der Waals surface area contributed by atoms with Crippen LogP contribution >= 0.6 is 0 Å². The number of aromatic nitrogens is 3. The van der Waals surface area contributed by atoms with Crippen molar-refractivity contribution >= 4 is 11.8 Å². The maximum Gasteiger partial charge on any atom is 0.340 e. The molecule has 0 radical (unpaired) electrons. The Morgan fingerprint density at radius 3 is 2.41 bits per heavy atom. The number of nitrogens with zero attached hydrogens (tertiary/aromatic N) is 4. The van der Waals surface area contributed by atoms with E-state index in [2.05, 4.69) is 4.99 Å². The minimum atomic E-state index is -0.760. The predicted molar refractivity (Wildman–Crippen MR) is 79.7 cm³/mol. The summed E-state index contributed by atoms with van der Waals surface area (Å²) in [5, 5.41) is 0. The predicted octanol–water partition coefficient (Wildman–Crippen LogP) is -0.00648. The van der Waals surface area contributed by atoms with Gasteiger partial charge in [0, 0.05) is 13.6 Å². The van der Waals surface area contributed by atoms with Gasteiger partial charge in [-0.3, -0.25) is 0 Å². The number of isocyanates is 1. The summed E-state index contributed by atoms with van der Waals surface area (Å²) in [6, 6.07) is 4.60. The van der Waals surface area contributed by atoms with Gasteiger partial charge in [0.15, 0.2) is 0 Å². The molecule has 0 amide bonds. The van der Waals surface area contributed by atoms with Gasteiger partial charge < -0.3 is 0 Å². The minimum absolute atomic E-state index is 0.136. The summed E-state index contributed by atoms with van der Waals surface area (Å²) in [7, 11) is 1.30. The number of carbonyl (C=O) groups excluding carboxylic acids is 1. The Hall–Kier alpha value is -2.99. The molecule has 2 rings (SSSR count). The summed E-state index contributed by atoms with van der Waals surface area (Å²) in [6.45, 7) is 3.50. The van der Waals surface area contributed by atoms with Crippen LogP contribution in [0.25, 0.3) is 5.69 Å². The Balaban J connectivity index is 2.90. The van der Waals surface area contributed by atoms with E-state index >= 15 is 0 Å². The molecule has 22 heavy (non-hydrogen) atoms. The van der Waals surface area contributed by atoms with E-state index in [-0.39, 0.29) is 12.2 Å². The van der Waals surface area contributed by atoms with Crippen molar-refractivity contribution in [3.8, 4) is 5.69 Å². The largest absolute Gasteiger partial charge is 0.340 e. The van der Waals surface area contributed by atoms with Gasteiger partial charge in [0.2, 0.25) is 6.08 Å². The van der Waals surface area contributed by atoms with Crippen LogP contribution in [0.4, 0.5) is 5.69 Å². The zero-order valence-corrected chi connectivity index (χ0v) is 12.4. The van der Waals surface area contributed by atoms with E-state index in [1.807, 2.05) is 0 Å². The van der Waals surface area contributed by atoms with Crippen LogP contribution in [-0.4, -0.2) is 19.8 Å². The SMILES string of the molecule is CCn1c(=O)n(C)c(=O)n(-c2ccc(C)c(N=C=O)c2)c1=O. The Bertz CT molecular complexity index is 958. The molecule has 2 aromatic rings. The van der Waals surface area contributed by atoms with E-state index in [1.54, 1.807) is 26.0 Å². The zero-order valence-electron chi connectivity index (χ0n) is 12.4. The summed E-state index contributed by atoms with van der Waals surface area (Å²) < 4.78 is 2.67. The first kappa shape index (κ1) is 15.4. The molecule has 0 aliphatic carbocycles. The van der Waals surface area contributed by atoms with Crippen molar-refractivity contribution in [2.75, 3.05) is 0 Å².